The first-order valence-electron chi connectivity index (χ1n) is 10.6. The number of benzene rings is 3. The molecule has 32 heavy (non-hydrogen) atoms. The number of aromatic nitrogens is 3. The van der Waals surface area contributed by atoms with Crippen LogP contribution in [0.2, 0.25) is 0 Å². The minimum atomic E-state index is 0.968. The molecule has 0 atom stereocenters. The Balaban J connectivity index is 1.59. The topological polar surface area (TPSA) is 30.7 Å². The third-order valence-electron chi connectivity index (χ3n) is 6.09. The molecule has 0 aliphatic carbocycles. The van der Waals surface area contributed by atoms with Gasteiger partial charge in [0.1, 0.15) is 5.65 Å². The molecule has 0 saturated carbocycles. The summed E-state index contributed by atoms with van der Waals surface area (Å²) >= 11 is 1.85. The third kappa shape index (κ3) is 2.47. The van der Waals surface area contributed by atoms with Crippen LogP contribution in [0.3, 0.4) is 0 Å². The van der Waals surface area contributed by atoms with E-state index in [0.717, 1.165) is 28.1 Å². The van der Waals surface area contributed by atoms with E-state index in [9.17, 15) is 0 Å². The molecule has 4 heterocycles. The van der Waals surface area contributed by atoms with Gasteiger partial charge in [-0.2, -0.15) is 0 Å². The normalized spacial score (nSPS) is 11.8. The molecule has 7 rings (SSSR count). The zero-order chi connectivity index (χ0) is 21.1. The Bertz CT molecular complexity index is 1780. The number of nitrogens with zero attached hydrogens (tertiary/aromatic N) is 3. The Kier molecular flexibility index (Phi) is 3.72. The Morgan fingerprint density at radius 1 is 0.688 bits per heavy atom. The van der Waals surface area contributed by atoms with Crippen LogP contribution in [0.1, 0.15) is 0 Å². The lowest BCUT2D eigenvalue weighted by Crippen LogP contribution is -1.96. The highest BCUT2D eigenvalue weighted by molar-refractivity contribution is 7.26. The van der Waals surface area contributed by atoms with Crippen LogP contribution >= 0.6 is 11.3 Å². The Morgan fingerprint density at radius 2 is 1.53 bits per heavy atom. The van der Waals surface area contributed by atoms with Crippen LogP contribution in [0.15, 0.2) is 103 Å². The molecular weight excluding hydrogens is 410 g/mol. The van der Waals surface area contributed by atoms with Gasteiger partial charge >= 0.3 is 0 Å². The van der Waals surface area contributed by atoms with E-state index in [1.165, 1.54) is 30.9 Å². The second kappa shape index (κ2) is 6.74. The van der Waals surface area contributed by atoms with Crippen molar-refractivity contribution < 1.29 is 0 Å². The molecule has 3 nitrogen and oxygen atoms in total. The van der Waals surface area contributed by atoms with Gasteiger partial charge in [0.25, 0.3) is 0 Å². The summed E-state index contributed by atoms with van der Waals surface area (Å²) < 4.78 is 4.87. The van der Waals surface area contributed by atoms with E-state index in [-0.39, 0.29) is 0 Å². The molecule has 150 valence electrons. The van der Waals surface area contributed by atoms with Crippen molar-refractivity contribution in [1.29, 1.82) is 0 Å². The van der Waals surface area contributed by atoms with E-state index in [2.05, 4.69) is 82.3 Å². The summed E-state index contributed by atoms with van der Waals surface area (Å²) in [6.45, 7) is 0. The van der Waals surface area contributed by atoms with Gasteiger partial charge < -0.3 is 0 Å². The standard InChI is InChI=1S/C28H17N3S/c1-3-13-24-21(11-1)26-27-22(20-10-2-4-14-25(20)32-27)17-30-28(26)31(24)19-9-7-8-18(16-19)23-12-5-6-15-29-23/h1-17H. The van der Waals surface area contributed by atoms with Gasteiger partial charge in [-0.05, 0) is 36.4 Å². The maximum absolute atomic E-state index is 5.00. The van der Waals surface area contributed by atoms with Gasteiger partial charge in [-0.25, -0.2) is 4.98 Å². The molecule has 4 aromatic heterocycles. The maximum Gasteiger partial charge on any atom is 0.147 e. The highest BCUT2D eigenvalue weighted by atomic mass is 32.1. The van der Waals surface area contributed by atoms with E-state index in [4.69, 9.17) is 4.98 Å². The first-order chi connectivity index (χ1) is 15.9. The summed E-state index contributed by atoms with van der Waals surface area (Å²) in [5, 5.41) is 4.96. The Labute approximate surface area is 188 Å². The number of fused-ring (bicyclic) bond motifs is 7. The SMILES string of the molecule is c1ccc(-c2cccc(-n3c4ccccc4c4c5sc6ccccc6c5cnc43)c2)nc1. The average molecular weight is 428 g/mol. The minimum Gasteiger partial charge on any atom is -0.294 e. The molecular formula is C28H17N3S. The summed E-state index contributed by atoms with van der Waals surface area (Å²) in [5.41, 5.74) is 5.31. The monoisotopic (exact) mass is 427 g/mol. The summed E-state index contributed by atoms with van der Waals surface area (Å²) in [5.74, 6) is 0. The average Bonchev–Trinajstić information content (AvgIpc) is 3.40. The van der Waals surface area contributed by atoms with Gasteiger partial charge in [-0.15, -0.1) is 11.3 Å². The fourth-order valence-corrected chi connectivity index (χ4v) is 5.91. The van der Waals surface area contributed by atoms with Crippen molar-refractivity contribution in [3.05, 3.63) is 103 Å². The lowest BCUT2D eigenvalue weighted by Gasteiger charge is -2.09. The molecule has 0 unspecified atom stereocenters. The lowest BCUT2D eigenvalue weighted by molar-refractivity contribution is 1.14. The molecule has 0 fully saturated rings. The van der Waals surface area contributed by atoms with Crippen molar-refractivity contribution in [3.8, 4) is 16.9 Å². The molecule has 0 radical (unpaired) electrons. The second-order valence-electron chi connectivity index (χ2n) is 7.92. The molecule has 0 bridgehead atoms. The van der Waals surface area contributed by atoms with Gasteiger partial charge in [0.2, 0.25) is 0 Å². The largest absolute Gasteiger partial charge is 0.294 e. The zero-order valence-electron chi connectivity index (χ0n) is 17.1. The van der Waals surface area contributed by atoms with Crippen LogP contribution in [0.5, 0.6) is 0 Å². The van der Waals surface area contributed by atoms with Crippen molar-refractivity contribution in [1.82, 2.24) is 14.5 Å². The second-order valence-corrected chi connectivity index (χ2v) is 8.97. The fraction of sp³-hybridized carbons (Fsp3) is 0. The first-order valence-corrected chi connectivity index (χ1v) is 11.4. The van der Waals surface area contributed by atoms with Crippen LogP contribution in [0.4, 0.5) is 0 Å². The highest BCUT2D eigenvalue weighted by Crippen LogP contribution is 2.42. The molecule has 0 saturated heterocycles. The van der Waals surface area contributed by atoms with E-state index in [1.54, 1.807) is 0 Å². The van der Waals surface area contributed by atoms with Crippen molar-refractivity contribution in [2.45, 2.75) is 0 Å². The predicted octanol–water partition coefficient (Wildman–Crippen LogP) is 7.61. The molecule has 0 spiro atoms. The van der Waals surface area contributed by atoms with Gasteiger partial charge in [0.05, 0.1) is 11.2 Å². The molecule has 0 aliphatic rings. The number of pyridine rings is 2. The van der Waals surface area contributed by atoms with Gasteiger partial charge in [0, 0.05) is 54.6 Å². The van der Waals surface area contributed by atoms with E-state index in [1.807, 2.05) is 41.9 Å². The maximum atomic E-state index is 5.00. The first kappa shape index (κ1) is 17.6. The van der Waals surface area contributed by atoms with E-state index < -0.39 is 0 Å². The van der Waals surface area contributed by atoms with Crippen LogP contribution in [0.25, 0.3) is 59.1 Å². The van der Waals surface area contributed by atoms with Gasteiger partial charge in [0.15, 0.2) is 0 Å². The summed E-state index contributed by atoms with van der Waals surface area (Å²) in [7, 11) is 0. The van der Waals surface area contributed by atoms with E-state index >= 15 is 0 Å². The van der Waals surface area contributed by atoms with Crippen LogP contribution in [0, 0.1) is 0 Å². The van der Waals surface area contributed by atoms with Crippen molar-refractivity contribution in [2.75, 3.05) is 0 Å². The van der Waals surface area contributed by atoms with Gasteiger partial charge in [-0.1, -0.05) is 54.6 Å². The summed E-state index contributed by atoms with van der Waals surface area (Å²) in [6, 6.07) is 31.8. The summed E-state index contributed by atoms with van der Waals surface area (Å²) in [6.07, 6.45) is 3.87. The predicted molar refractivity (Wildman–Crippen MR) is 135 cm³/mol. The molecule has 4 heteroatoms. The van der Waals surface area contributed by atoms with Gasteiger partial charge in [-0.3, -0.25) is 9.55 Å². The fourth-order valence-electron chi connectivity index (χ4n) is 4.68. The van der Waals surface area contributed by atoms with Crippen molar-refractivity contribution in [3.63, 3.8) is 0 Å². The van der Waals surface area contributed by atoms with Crippen LogP contribution in [-0.4, -0.2) is 14.5 Å². The molecule has 0 N–H and O–H groups in total. The Morgan fingerprint density at radius 3 is 2.44 bits per heavy atom. The third-order valence-corrected chi connectivity index (χ3v) is 7.30. The zero-order valence-corrected chi connectivity index (χ0v) is 17.9. The number of rotatable bonds is 2. The quantitative estimate of drug-likeness (QED) is 0.284. The van der Waals surface area contributed by atoms with Crippen LogP contribution in [-0.2, 0) is 0 Å². The number of hydrogen-bond donors (Lipinski definition) is 0. The van der Waals surface area contributed by atoms with Crippen molar-refractivity contribution in [2.24, 2.45) is 0 Å². The number of hydrogen-bond acceptors (Lipinski definition) is 3. The van der Waals surface area contributed by atoms with E-state index in [0.29, 0.717) is 0 Å². The number of thiophene rings is 1. The highest BCUT2D eigenvalue weighted by Gasteiger charge is 2.18. The van der Waals surface area contributed by atoms with Crippen molar-refractivity contribution >= 4 is 53.4 Å². The van der Waals surface area contributed by atoms with Crippen LogP contribution < -0.4 is 0 Å². The minimum absolute atomic E-state index is 0.968. The molecule has 0 amide bonds. The molecule has 7 aromatic rings. The Hall–Kier alpha value is -4.02. The molecule has 0 aliphatic heterocycles. The lowest BCUT2D eigenvalue weighted by atomic mass is 10.1. The summed E-state index contributed by atoms with van der Waals surface area (Å²) in [4.78, 5) is 9.54. The molecule has 3 aromatic carbocycles. The smallest absolute Gasteiger partial charge is 0.147 e. The number of para-hydroxylation sites is 1.